The van der Waals surface area contributed by atoms with Crippen molar-refractivity contribution in [3.8, 4) is 0 Å². The van der Waals surface area contributed by atoms with Gasteiger partial charge in [-0.1, -0.05) is 6.42 Å². The van der Waals surface area contributed by atoms with Gasteiger partial charge in [0.1, 0.15) is 5.25 Å². The predicted octanol–water partition coefficient (Wildman–Crippen LogP) is -1.21. The van der Waals surface area contributed by atoms with Crippen molar-refractivity contribution < 1.29 is 13.5 Å². The molecule has 0 bridgehead atoms. The minimum absolute atomic E-state index is 0.0229. The summed E-state index contributed by atoms with van der Waals surface area (Å²) in [5.74, 6) is 0.778. The number of sulfonamides is 1. The van der Waals surface area contributed by atoms with Crippen molar-refractivity contribution in [1.82, 2.24) is 30.9 Å². The van der Waals surface area contributed by atoms with Crippen LogP contribution in [-0.4, -0.2) is 86.4 Å². The van der Waals surface area contributed by atoms with Gasteiger partial charge < -0.3 is 10.4 Å². The summed E-state index contributed by atoms with van der Waals surface area (Å²) in [5, 5.41) is 17.0. The summed E-state index contributed by atoms with van der Waals surface area (Å²) in [4.78, 5) is 0. The lowest BCUT2D eigenvalue weighted by atomic mass is 9.82. The number of likely N-dealkylation sites (N-methyl/N-ethyl adjacent to an activating group) is 1. The summed E-state index contributed by atoms with van der Waals surface area (Å²) in [6, 6.07) is 0.214. The van der Waals surface area contributed by atoms with Crippen LogP contribution in [0.4, 0.5) is 0 Å². The van der Waals surface area contributed by atoms with Crippen LogP contribution in [0.5, 0.6) is 0 Å². The number of aliphatic hydroxyl groups excluding tert-OH is 1. The van der Waals surface area contributed by atoms with Crippen LogP contribution in [0.3, 0.4) is 0 Å². The van der Waals surface area contributed by atoms with Gasteiger partial charge in [-0.3, -0.25) is 10.9 Å². The van der Waals surface area contributed by atoms with E-state index in [0.717, 1.165) is 45.2 Å². The van der Waals surface area contributed by atoms with Crippen LogP contribution in [0, 0.1) is 11.8 Å². The van der Waals surface area contributed by atoms with E-state index in [1.54, 1.807) is 0 Å². The van der Waals surface area contributed by atoms with Crippen molar-refractivity contribution in [3.05, 3.63) is 0 Å². The molecule has 5 N–H and O–H groups in total. The maximum Gasteiger partial charge on any atom is 0.217 e. The molecule has 0 aromatic rings. The average Bonchev–Trinajstić information content (AvgIpc) is 3.30. The Labute approximate surface area is 168 Å². The van der Waals surface area contributed by atoms with Gasteiger partial charge in [-0.25, -0.2) is 23.2 Å². The molecule has 0 amide bonds. The fourth-order valence-corrected chi connectivity index (χ4v) is 7.02. The number of hydrogen-bond acceptors (Lipinski definition) is 8. The van der Waals surface area contributed by atoms with Crippen molar-refractivity contribution in [2.75, 3.05) is 33.2 Å². The third-order valence-electron chi connectivity index (χ3n) is 7.19. The molecule has 7 atom stereocenters. The number of nitrogens with zero attached hydrogens (tertiary/aromatic N) is 2. The lowest BCUT2D eigenvalue weighted by Crippen LogP contribution is -2.56. The molecule has 1 aliphatic carbocycles. The van der Waals surface area contributed by atoms with Crippen LogP contribution in [0.25, 0.3) is 0 Å². The van der Waals surface area contributed by atoms with Crippen LogP contribution in [0.15, 0.2) is 0 Å². The van der Waals surface area contributed by atoms with E-state index in [4.69, 9.17) is 0 Å². The van der Waals surface area contributed by atoms with Crippen molar-refractivity contribution in [2.45, 2.75) is 68.6 Å². The lowest BCUT2D eigenvalue weighted by Gasteiger charge is -2.37. The zero-order valence-electron chi connectivity index (χ0n) is 17.0. The average molecular weight is 417 g/mol. The highest BCUT2D eigenvalue weighted by atomic mass is 32.2. The number of nitrogens with one attached hydrogen (secondary N) is 4. The molecule has 0 aromatic heterocycles. The Hall–Kier alpha value is -0.330. The zero-order valence-corrected chi connectivity index (χ0v) is 17.8. The molecular formula is C18H36N6O3S. The first-order valence-corrected chi connectivity index (χ1v) is 12.3. The van der Waals surface area contributed by atoms with Crippen molar-refractivity contribution in [3.63, 3.8) is 0 Å². The second-order valence-electron chi connectivity index (χ2n) is 9.06. The second kappa shape index (κ2) is 8.43. The highest BCUT2D eigenvalue weighted by molar-refractivity contribution is 7.90. The molecule has 9 nitrogen and oxygen atoms in total. The SMILES string of the molecule is C[C@@H](O)C1CCNC(N2CC(S(=O)(=O)NC3CCCC4CNN(C)C43)CN2)C1. The van der Waals surface area contributed by atoms with Crippen LogP contribution in [-0.2, 0) is 10.0 Å². The Balaban J connectivity index is 1.36. The minimum Gasteiger partial charge on any atom is -0.393 e. The second-order valence-corrected chi connectivity index (χ2v) is 11.0. The molecule has 1 saturated carbocycles. The third-order valence-corrected chi connectivity index (χ3v) is 9.02. The van der Waals surface area contributed by atoms with E-state index in [-0.39, 0.29) is 30.3 Å². The molecule has 3 heterocycles. The maximum absolute atomic E-state index is 13.1. The molecule has 3 saturated heterocycles. The Morgan fingerprint density at radius 3 is 2.79 bits per heavy atom. The monoisotopic (exact) mass is 416 g/mol. The van der Waals surface area contributed by atoms with Gasteiger partial charge in [-0.05, 0) is 51.0 Å². The Morgan fingerprint density at radius 1 is 1.18 bits per heavy atom. The first-order valence-electron chi connectivity index (χ1n) is 10.7. The summed E-state index contributed by atoms with van der Waals surface area (Å²) in [5.41, 5.74) is 6.64. The lowest BCUT2D eigenvalue weighted by molar-refractivity contribution is 0.0410. The molecule has 4 aliphatic rings. The number of piperidine rings is 1. The van der Waals surface area contributed by atoms with E-state index in [2.05, 4.69) is 25.9 Å². The summed E-state index contributed by atoms with van der Waals surface area (Å²) >= 11 is 0. The molecule has 4 rings (SSSR count). The van der Waals surface area contributed by atoms with Gasteiger partial charge in [0.15, 0.2) is 0 Å². The summed E-state index contributed by atoms with van der Waals surface area (Å²) in [6.07, 6.45) is 4.66. The quantitative estimate of drug-likeness (QED) is 0.380. The predicted molar refractivity (Wildman–Crippen MR) is 107 cm³/mol. The standard InChI is InChI=1S/C18H36N6O3S/c1-12(25)13-6-7-19-17(8-13)24-11-15(10-21-24)28(26,27)22-16-5-3-4-14-9-20-23(2)18(14)16/h12-22,25H,3-11H2,1-2H3/t12-,13?,14?,15?,16?,17?,18?/m1/s1. The molecular weight excluding hydrogens is 380 g/mol. The van der Waals surface area contributed by atoms with Crippen molar-refractivity contribution in [2.24, 2.45) is 11.8 Å². The van der Waals surface area contributed by atoms with Crippen LogP contribution in [0.1, 0.15) is 39.0 Å². The zero-order chi connectivity index (χ0) is 19.9. The summed E-state index contributed by atoms with van der Waals surface area (Å²) in [6.45, 7) is 4.53. The first kappa shape index (κ1) is 20.9. The topological polar surface area (TPSA) is 109 Å². The number of fused-ring (bicyclic) bond motifs is 1. The first-order chi connectivity index (χ1) is 13.3. The molecule has 0 spiro atoms. The molecule has 3 aliphatic heterocycles. The number of hydrazine groups is 2. The molecule has 0 aromatic carbocycles. The van der Waals surface area contributed by atoms with Gasteiger partial charge in [-0.2, -0.15) is 0 Å². The Morgan fingerprint density at radius 2 is 2.00 bits per heavy atom. The van der Waals surface area contributed by atoms with Gasteiger partial charge in [0.2, 0.25) is 10.0 Å². The van der Waals surface area contributed by atoms with E-state index >= 15 is 0 Å². The summed E-state index contributed by atoms with van der Waals surface area (Å²) in [7, 11) is -1.39. The molecule has 4 fully saturated rings. The number of hydrogen-bond donors (Lipinski definition) is 5. The third kappa shape index (κ3) is 4.24. The van der Waals surface area contributed by atoms with E-state index in [1.165, 1.54) is 0 Å². The van der Waals surface area contributed by atoms with Gasteiger partial charge in [0.05, 0.1) is 12.3 Å². The maximum atomic E-state index is 13.1. The fourth-order valence-electron chi connectivity index (χ4n) is 5.49. The molecule has 0 radical (unpaired) electrons. The minimum atomic E-state index is -3.41. The van der Waals surface area contributed by atoms with Crippen LogP contribution >= 0.6 is 0 Å². The highest BCUT2D eigenvalue weighted by Crippen LogP contribution is 2.31. The smallest absolute Gasteiger partial charge is 0.217 e. The van der Waals surface area contributed by atoms with Crippen LogP contribution in [0.2, 0.25) is 0 Å². The van der Waals surface area contributed by atoms with Crippen molar-refractivity contribution in [1.29, 1.82) is 0 Å². The molecule has 6 unspecified atom stereocenters. The van der Waals surface area contributed by atoms with Gasteiger partial charge >= 0.3 is 0 Å². The van der Waals surface area contributed by atoms with Crippen LogP contribution < -0.4 is 20.9 Å². The fraction of sp³-hybridized carbons (Fsp3) is 1.00. The number of aliphatic hydroxyl groups is 1. The Kier molecular flexibility index (Phi) is 6.30. The summed E-state index contributed by atoms with van der Waals surface area (Å²) < 4.78 is 29.3. The van der Waals surface area contributed by atoms with E-state index in [0.29, 0.717) is 19.0 Å². The highest BCUT2D eigenvalue weighted by Gasteiger charge is 2.44. The van der Waals surface area contributed by atoms with E-state index in [9.17, 15) is 13.5 Å². The molecule has 28 heavy (non-hydrogen) atoms. The molecule has 10 heteroatoms. The Bertz CT molecular complexity index is 645. The normalized spacial score (nSPS) is 41.8. The van der Waals surface area contributed by atoms with Gasteiger partial charge in [0.25, 0.3) is 0 Å². The van der Waals surface area contributed by atoms with E-state index < -0.39 is 15.3 Å². The largest absolute Gasteiger partial charge is 0.393 e. The van der Waals surface area contributed by atoms with Gasteiger partial charge in [0, 0.05) is 38.8 Å². The molecule has 162 valence electrons. The van der Waals surface area contributed by atoms with E-state index in [1.807, 2.05) is 19.0 Å². The number of rotatable bonds is 5. The van der Waals surface area contributed by atoms with Crippen molar-refractivity contribution >= 4 is 10.0 Å². The van der Waals surface area contributed by atoms with Gasteiger partial charge in [-0.15, -0.1) is 0 Å².